The third-order valence-electron chi connectivity index (χ3n) is 3.53. The van der Waals surface area contributed by atoms with Crippen LogP contribution in [0.15, 0.2) is 12.1 Å². The first kappa shape index (κ1) is 24.3. The van der Waals surface area contributed by atoms with Crippen LogP contribution in [0.4, 0.5) is 0 Å². The summed E-state index contributed by atoms with van der Waals surface area (Å²) in [6.07, 6.45) is 5.52. The van der Waals surface area contributed by atoms with E-state index in [0.29, 0.717) is 5.04 Å². The second kappa shape index (κ2) is 10.1. The van der Waals surface area contributed by atoms with Gasteiger partial charge in [0.15, 0.2) is 0 Å². The Labute approximate surface area is 139 Å². The van der Waals surface area contributed by atoms with Gasteiger partial charge in [0.05, 0.1) is 0 Å². The molecule has 0 fully saturated rings. The molecule has 2 rings (SSSR count). The summed E-state index contributed by atoms with van der Waals surface area (Å²) in [5.74, 6) is 0. The van der Waals surface area contributed by atoms with Crippen molar-refractivity contribution in [3.63, 3.8) is 0 Å². The zero-order valence-corrected chi connectivity index (χ0v) is 16.9. The van der Waals surface area contributed by atoms with Crippen LogP contribution < -0.4 is 0 Å². The van der Waals surface area contributed by atoms with Crippen LogP contribution in [-0.4, -0.2) is 9.52 Å². The summed E-state index contributed by atoms with van der Waals surface area (Å²) in [5.41, 5.74) is 5.10. The smallest absolute Gasteiger partial charge is 0.358 e. The van der Waals surface area contributed by atoms with Crippen molar-refractivity contribution in [2.75, 3.05) is 0 Å². The third-order valence-corrected chi connectivity index (χ3v) is 5.82. The summed E-state index contributed by atoms with van der Waals surface area (Å²) in [7, 11) is 0.0504. The quantitative estimate of drug-likeness (QED) is 0.556. The zero-order chi connectivity index (χ0) is 10.9. The molecule has 1 aliphatic carbocycles. The van der Waals surface area contributed by atoms with Gasteiger partial charge >= 0.3 is 21.7 Å². The van der Waals surface area contributed by atoms with E-state index >= 15 is 0 Å². The van der Waals surface area contributed by atoms with E-state index in [1.807, 2.05) is 0 Å². The minimum Gasteiger partial charge on any atom is -0.358 e. The van der Waals surface area contributed by atoms with Crippen LogP contribution >= 0.6 is 0 Å². The Kier molecular flexibility index (Phi) is 12.9. The molecule has 1 aromatic carbocycles. The molecule has 0 saturated carbocycles. The zero-order valence-electron chi connectivity index (χ0n) is 13.9. The van der Waals surface area contributed by atoms with Gasteiger partial charge in [-0.1, -0.05) is 52.5 Å². The molecule has 108 valence electrons. The first-order chi connectivity index (χ1) is 7.06. The average Bonchev–Trinajstić information content (AvgIpc) is 2.57. The summed E-state index contributed by atoms with van der Waals surface area (Å²) in [6, 6.07) is 6.22. The molecule has 0 radical (unpaired) electrons. The maximum atomic E-state index is 2.41. The molecular weight excluding hydrogens is 280 g/mol. The summed E-state index contributed by atoms with van der Waals surface area (Å²) >= 11 is 0. The third kappa shape index (κ3) is 7.02. The van der Waals surface area contributed by atoms with Gasteiger partial charge in [0.25, 0.3) is 0 Å². The standard InChI is InChI=1S/C14H23Si.3CH3.Ti/c1-14(2,3)15-10-12-9-8-11-6-4-5-7-13(11)12;;;;/h8-9H,4-7,10,15H2,1-3H3;3*1H3;/q4*-1;+4. The summed E-state index contributed by atoms with van der Waals surface area (Å²) < 4.78 is 0. The van der Waals surface area contributed by atoms with Gasteiger partial charge in [-0.15, -0.1) is 0 Å². The van der Waals surface area contributed by atoms with Crippen LogP contribution in [-0.2, 0) is 40.6 Å². The SMILES string of the molecule is CC(C)(C)[SiH2]C[c-]1ccc2c1CCCC2.[CH3-].[CH3-].[CH3-].[Ti+4]. The van der Waals surface area contributed by atoms with Gasteiger partial charge in [-0.3, -0.25) is 0 Å². The van der Waals surface area contributed by atoms with E-state index in [-0.39, 0.29) is 53.5 Å². The predicted octanol–water partition coefficient (Wildman–Crippen LogP) is 4.52. The Morgan fingerprint density at radius 2 is 1.68 bits per heavy atom. The molecule has 0 aromatic heterocycles. The van der Waals surface area contributed by atoms with Crippen molar-refractivity contribution < 1.29 is 21.7 Å². The van der Waals surface area contributed by atoms with Crippen LogP contribution in [0, 0.1) is 22.3 Å². The van der Waals surface area contributed by atoms with Crippen LogP contribution in [0.25, 0.3) is 0 Å². The molecule has 0 spiro atoms. The molecule has 0 nitrogen and oxygen atoms in total. The molecule has 2 heteroatoms. The molecule has 0 unspecified atom stereocenters. The largest absolute Gasteiger partial charge is 4.00 e. The average molecular weight is 312 g/mol. The van der Waals surface area contributed by atoms with E-state index in [4.69, 9.17) is 0 Å². The van der Waals surface area contributed by atoms with Gasteiger partial charge in [0, 0.05) is 9.52 Å². The van der Waals surface area contributed by atoms with Crippen LogP contribution in [0.1, 0.15) is 50.3 Å². The topological polar surface area (TPSA) is 0 Å². The maximum Gasteiger partial charge on any atom is 4.00 e. The number of aryl methyl sites for hydroxylation is 1. The van der Waals surface area contributed by atoms with Crippen LogP contribution in [0.2, 0.25) is 5.04 Å². The molecule has 1 aliphatic rings. The Balaban J connectivity index is -0.000000640. The van der Waals surface area contributed by atoms with Crippen LogP contribution in [0.5, 0.6) is 0 Å². The van der Waals surface area contributed by atoms with E-state index in [9.17, 15) is 0 Å². The molecule has 0 atom stereocenters. The van der Waals surface area contributed by atoms with Crippen molar-refractivity contribution in [1.82, 2.24) is 0 Å². The number of rotatable bonds is 2. The fraction of sp³-hybridized carbons (Fsp3) is 0.529. The molecule has 19 heavy (non-hydrogen) atoms. The second-order valence-corrected chi connectivity index (χ2v) is 9.25. The summed E-state index contributed by atoms with van der Waals surface area (Å²) in [6.45, 7) is 7.19. The Hall–Kier alpha value is 0.281. The molecular formula is C17H32SiTi. The van der Waals surface area contributed by atoms with E-state index in [0.717, 1.165) is 0 Å². The van der Waals surface area contributed by atoms with E-state index < -0.39 is 0 Å². The predicted molar refractivity (Wildman–Crippen MR) is 89.9 cm³/mol. The van der Waals surface area contributed by atoms with Crippen LogP contribution in [0.3, 0.4) is 0 Å². The molecule has 0 bridgehead atoms. The second-order valence-electron chi connectivity index (χ2n) is 6.13. The number of hydrogen-bond acceptors (Lipinski definition) is 0. The van der Waals surface area contributed by atoms with Crippen molar-refractivity contribution in [2.45, 2.75) is 57.5 Å². The minimum absolute atomic E-state index is 0. The van der Waals surface area contributed by atoms with Crippen molar-refractivity contribution in [2.24, 2.45) is 0 Å². The summed E-state index contributed by atoms with van der Waals surface area (Å²) in [5, 5.41) is 0.610. The molecule has 0 amide bonds. The minimum atomic E-state index is 0. The number of hydrogen-bond donors (Lipinski definition) is 0. The fourth-order valence-electron chi connectivity index (χ4n) is 2.53. The van der Waals surface area contributed by atoms with E-state index in [1.54, 1.807) is 16.7 Å². The first-order valence-electron chi connectivity index (χ1n) is 6.32. The molecule has 0 N–H and O–H groups in total. The monoisotopic (exact) mass is 312 g/mol. The Morgan fingerprint density at radius 1 is 1.11 bits per heavy atom. The maximum absolute atomic E-state index is 2.41. The molecule has 0 heterocycles. The van der Waals surface area contributed by atoms with E-state index in [1.165, 1.54) is 31.7 Å². The van der Waals surface area contributed by atoms with Gasteiger partial charge in [-0.2, -0.15) is 22.8 Å². The van der Waals surface area contributed by atoms with Gasteiger partial charge in [0.1, 0.15) is 0 Å². The van der Waals surface area contributed by atoms with Crippen molar-refractivity contribution in [3.8, 4) is 0 Å². The van der Waals surface area contributed by atoms with Crippen molar-refractivity contribution in [1.29, 1.82) is 0 Å². The van der Waals surface area contributed by atoms with Crippen molar-refractivity contribution in [3.05, 3.63) is 51.1 Å². The first-order valence-corrected chi connectivity index (χ1v) is 8.03. The van der Waals surface area contributed by atoms with Crippen molar-refractivity contribution >= 4 is 9.52 Å². The van der Waals surface area contributed by atoms with Gasteiger partial charge in [0.2, 0.25) is 0 Å². The number of fused-ring (bicyclic) bond motifs is 1. The normalized spacial score (nSPS) is 13.6. The van der Waals surface area contributed by atoms with Gasteiger partial charge < -0.3 is 22.3 Å². The Morgan fingerprint density at radius 3 is 2.26 bits per heavy atom. The fourth-order valence-corrected chi connectivity index (χ4v) is 4.01. The molecule has 1 aromatic rings. The van der Waals surface area contributed by atoms with E-state index in [2.05, 4.69) is 32.9 Å². The van der Waals surface area contributed by atoms with Gasteiger partial charge in [-0.25, -0.2) is 6.07 Å². The molecule has 0 saturated heterocycles. The Bertz CT molecular complexity index is 334. The van der Waals surface area contributed by atoms with Gasteiger partial charge in [-0.05, 0) is 5.04 Å². The summed E-state index contributed by atoms with van der Waals surface area (Å²) in [4.78, 5) is 0. The molecule has 0 aliphatic heterocycles.